The van der Waals surface area contributed by atoms with Crippen molar-refractivity contribution >= 4 is 11.9 Å². The predicted octanol–water partition coefficient (Wildman–Crippen LogP) is 2.18. The fraction of sp³-hybridized carbons (Fsp3) is 0.312. The third-order valence-electron chi connectivity index (χ3n) is 3.55. The van der Waals surface area contributed by atoms with Crippen LogP contribution in [0.25, 0.3) is 0 Å². The van der Waals surface area contributed by atoms with Gasteiger partial charge in [0, 0.05) is 18.9 Å². The van der Waals surface area contributed by atoms with E-state index >= 15 is 0 Å². The number of nitrogens with zero attached hydrogens (tertiary/aromatic N) is 4. The van der Waals surface area contributed by atoms with Crippen LogP contribution in [0, 0.1) is 0 Å². The summed E-state index contributed by atoms with van der Waals surface area (Å²) in [7, 11) is 0. The Bertz CT molecular complexity index is 673. The second kappa shape index (κ2) is 7.44. The lowest BCUT2D eigenvalue weighted by molar-refractivity contribution is 0.0664. The van der Waals surface area contributed by atoms with Crippen LogP contribution in [0.2, 0.25) is 0 Å². The molecule has 7 nitrogen and oxygen atoms in total. The van der Waals surface area contributed by atoms with E-state index in [1.807, 2.05) is 26.0 Å². The SMILES string of the molecule is CCC(c1ccncc1)N(CC)C(=O)c1cnc(C(=O)O)cn1. The molecule has 2 rings (SSSR count). The summed E-state index contributed by atoms with van der Waals surface area (Å²) < 4.78 is 0. The van der Waals surface area contributed by atoms with Crippen molar-refractivity contribution in [3.8, 4) is 0 Å². The van der Waals surface area contributed by atoms with Gasteiger partial charge in [-0.15, -0.1) is 0 Å². The molecule has 1 amide bonds. The average molecular weight is 314 g/mol. The van der Waals surface area contributed by atoms with Gasteiger partial charge in [-0.2, -0.15) is 0 Å². The summed E-state index contributed by atoms with van der Waals surface area (Å²) in [5, 5.41) is 8.84. The Balaban J connectivity index is 2.28. The zero-order valence-corrected chi connectivity index (χ0v) is 13.0. The van der Waals surface area contributed by atoms with E-state index in [4.69, 9.17) is 5.11 Å². The topological polar surface area (TPSA) is 96.3 Å². The van der Waals surface area contributed by atoms with Crippen LogP contribution in [0.3, 0.4) is 0 Å². The van der Waals surface area contributed by atoms with Gasteiger partial charge in [-0.05, 0) is 31.0 Å². The van der Waals surface area contributed by atoms with E-state index in [-0.39, 0.29) is 23.3 Å². The number of pyridine rings is 1. The summed E-state index contributed by atoms with van der Waals surface area (Å²) in [6.45, 7) is 4.39. The number of amides is 1. The highest BCUT2D eigenvalue weighted by atomic mass is 16.4. The van der Waals surface area contributed by atoms with Crippen molar-refractivity contribution in [2.45, 2.75) is 26.3 Å². The molecule has 0 spiro atoms. The van der Waals surface area contributed by atoms with E-state index in [1.165, 1.54) is 6.20 Å². The van der Waals surface area contributed by atoms with Gasteiger partial charge in [0.05, 0.1) is 18.4 Å². The van der Waals surface area contributed by atoms with Crippen LogP contribution < -0.4 is 0 Å². The number of carboxylic acid groups (broad SMARTS) is 1. The first-order valence-corrected chi connectivity index (χ1v) is 7.34. The molecule has 1 unspecified atom stereocenters. The molecule has 0 bridgehead atoms. The number of hydrogen-bond donors (Lipinski definition) is 1. The standard InChI is InChI=1S/C16H18N4O3/c1-3-14(11-5-7-17-8-6-11)20(4-2)15(21)12-9-19-13(10-18-12)16(22)23/h5-10,14H,3-4H2,1-2H3,(H,22,23). The lowest BCUT2D eigenvalue weighted by Crippen LogP contribution is -2.35. The normalized spacial score (nSPS) is 11.7. The van der Waals surface area contributed by atoms with Gasteiger partial charge in [0.2, 0.25) is 0 Å². The maximum Gasteiger partial charge on any atom is 0.356 e. The first-order chi connectivity index (χ1) is 11.1. The van der Waals surface area contributed by atoms with Crippen molar-refractivity contribution in [2.75, 3.05) is 6.54 Å². The molecule has 0 aliphatic heterocycles. The summed E-state index contributed by atoms with van der Waals surface area (Å²) >= 11 is 0. The summed E-state index contributed by atoms with van der Waals surface area (Å²) in [5.41, 5.74) is 0.933. The second-order valence-corrected chi connectivity index (χ2v) is 4.89. The van der Waals surface area contributed by atoms with Gasteiger partial charge in [-0.25, -0.2) is 14.8 Å². The number of carbonyl (C=O) groups excluding carboxylic acids is 1. The molecule has 0 fully saturated rings. The van der Waals surface area contributed by atoms with Crippen molar-refractivity contribution in [2.24, 2.45) is 0 Å². The molecule has 0 saturated heterocycles. The monoisotopic (exact) mass is 314 g/mol. The number of carbonyl (C=O) groups is 2. The lowest BCUT2D eigenvalue weighted by atomic mass is 10.0. The lowest BCUT2D eigenvalue weighted by Gasteiger charge is -2.30. The minimum Gasteiger partial charge on any atom is -0.476 e. The maximum absolute atomic E-state index is 12.7. The molecule has 0 aliphatic carbocycles. The van der Waals surface area contributed by atoms with Crippen LogP contribution in [0.5, 0.6) is 0 Å². The predicted molar refractivity (Wildman–Crippen MR) is 83.0 cm³/mol. The number of aromatic nitrogens is 3. The molecule has 2 aromatic heterocycles. The molecule has 23 heavy (non-hydrogen) atoms. The molecule has 2 heterocycles. The van der Waals surface area contributed by atoms with Gasteiger partial charge >= 0.3 is 5.97 Å². The van der Waals surface area contributed by atoms with Gasteiger partial charge < -0.3 is 10.0 Å². The first kappa shape index (κ1) is 16.5. The zero-order valence-electron chi connectivity index (χ0n) is 13.0. The van der Waals surface area contributed by atoms with Crippen LogP contribution in [0.15, 0.2) is 36.9 Å². The highest BCUT2D eigenvalue weighted by Crippen LogP contribution is 2.24. The Labute approximate surface area is 134 Å². The number of hydrogen-bond acceptors (Lipinski definition) is 5. The maximum atomic E-state index is 12.7. The molecule has 1 atom stereocenters. The van der Waals surface area contributed by atoms with E-state index in [0.29, 0.717) is 6.54 Å². The molecule has 7 heteroatoms. The smallest absolute Gasteiger partial charge is 0.356 e. The average Bonchev–Trinajstić information content (AvgIpc) is 2.59. The van der Waals surface area contributed by atoms with E-state index in [0.717, 1.165) is 18.2 Å². The summed E-state index contributed by atoms with van der Waals surface area (Å²) in [6, 6.07) is 3.66. The van der Waals surface area contributed by atoms with Gasteiger partial charge in [-0.1, -0.05) is 6.92 Å². The van der Waals surface area contributed by atoms with Gasteiger partial charge in [0.15, 0.2) is 5.69 Å². The van der Waals surface area contributed by atoms with E-state index in [2.05, 4.69) is 15.0 Å². The van der Waals surface area contributed by atoms with Crippen molar-refractivity contribution in [1.82, 2.24) is 19.9 Å². The first-order valence-electron chi connectivity index (χ1n) is 7.34. The zero-order chi connectivity index (χ0) is 16.8. The second-order valence-electron chi connectivity index (χ2n) is 4.89. The minimum absolute atomic E-state index is 0.101. The van der Waals surface area contributed by atoms with E-state index in [9.17, 15) is 9.59 Å². The van der Waals surface area contributed by atoms with Crippen LogP contribution >= 0.6 is 0 Å². The fourth-order valence-electron chi connectivity index (χ4n) is 2.42. The Kier molecular flexibility index (Phi) is 5.35. The van der Waals surface area contributed by atoms with Crippen molar-refractivity contribution < 1.29 is 14.7 Å². The van der Waals surface area contributed by atoms with Crippen LogP contribution in [0.4, 0.5) is 0 Å². The Morgan fingerprint density at radius 2 is 1.74 bits per heavy atom. The van der Waals surface area contributed by atoms with E-state index in [1.54, 1.807) is 17.3 Å². The van der Waals surface area contributed by atoms with Gasteiger partial charge in [0.1, 0.15) is 5.69 Å². The summed E-state index contributed by atoms with van der Waals surface area (Å²) in [6.07, 6.45) is 6.42. The molecule has 0 radical (unpaired) electrons. The molecule has 0 aromatic carbocycles. The molecule has 0 saturated carbocycles. The Hall–Kier alpha value is -2.83. The van der Waals surface area contributed by atoms with Crippen LogP contribution in [-0.2, 0) is 0 Å². The number of rotatable bonds is 6. The van der Waals surface area contributed by atoms with Crippen molar-refractivity contribution in [3.05, 3.63) is 53.9 Å². The van der Waals surface area contributed by atoms with Gasteiger partial charge in [0.25, 0.3) is 5.91 Å². The molecule has 0 aliphatic rings. The minimum atomic E-state index is -1.17. The van der Waals surface area contributed by atoms with Crippen LogP contribution in [0.1, 0.15) is 52.9 Å². The van der Waals surface area contributed by atoms with E-state index < -0.39 is 5.97 Å². The largest absolute Gasteiger partial charge is 0.476 e. The highest BCUT2D eigenvalue weighted by Gasteiger charge is 2.24. The molecule has 1 N–H and O–H groups in total. The highest BCUT2D eigenvalue weighted by molar-refractivity contribution is 5.93. The Morgan fingerprint density at radius 3 is 2.22 bits per heavy atom. The van der Waals surface area contributed by atoms with Gasteiger partial charge in [-0.3, -0.25) is 9.78 Å². The number of aromatic carboxylic acids is 1. The fourth-order valence-corrected chi connectivity index (χ4v) is 2.42. The van der Waals surface area contributed by atoms with Crippen molar-refractivity contribution in [1.29, 1.82) is 0 Å². The molecular formula is C16H18N4O3. The molecule has 2 aromatic rings. The third-order valence-corrected chi connectivity index (χ3v) is 3.55. The molecule has 120 valence electrons. The quantitative estimate of drug-likeness (QED) is 0.878. The summed E-state index contributed by atoms with van der Waals surface area (Å²) in [5.74, 6) is -1.45. The Morgan fingerprint density at radius 1 is 1.13 bits per heavy atom. The number of carboxylic acids is 1. The van der Waals surface area contributed by atoms with Crippen molar-refractivity contribution in [3.63, 3.8) is 0 Å². The van der Waals surface area contributed by atoms with Crippen LogP contribution in [-0.4, -0.2) is 43.4 Å². The molecular weight excluding hydrogens is 296 g/mol. The third kappa shape index (κ3) is 3.68. The summed E-state index contributed by atoms with van der Waals surface area (Å²) in [4.78, 5) is 36.9.